The number of ether oxygens (including phenoxy) is 1. The highest BCUT2D eigenvalue weighted by atomic mass is 19.1. The quantitative estimate of drug-likeness (QED) is 0.896. The number of halogens is 1. The zero-order valence-electron chi connectivity index (χ0n) is 14.3. The first-order valence-corrected chi connectivity index (χ1v) is 8.52. The highest BCUT2D eigenvalue weighted by molar-refractivity contribution is 5.96. The van der Waals surface area contributed by atoms with Crippen molar-refractivity contribution in [3.05, 3.63) is 39.9 Å². The van der Waals surface area contributed by atoms with Crippen LogP contribution in [-0.2, 0) is 11.3 Å². The first-order chi connectivity index (χ1) is 12.0. The highest BCUT2D eigenvalue weighted by Crippen LogP contribution is 2.25. The van der Waals surface area contributed by atoms with Crippen LogP contribution in [0.15, 0.2) is 23.1 Å². The minimum Gasteiger partial charge on any atom is -0.378 e. The number of primary amides is 1. The van der Waals surface area contributed by atoms with Gasteiger partial charge in [-0.1, -0.05) is 13.3 Å². The smallest absolute Gasteiger partial charge is 0.254 e. The molecule has 7 heteroatoms. The summed E-state index contributed by atoms with van der Waals surface area (Å²) in [6, 6.07) is 3.16. The first kappa shape index (κ1) is 17.4. The molecule has 0 radical (unpaired) electrons. The molecule has 2 heterocycles. The van der Waals surface area contributed by atoms with Crippen molar-refractivity contribution < 1.29 is 13.9 Å². The van der Waals surface area contributed by atoms with Gasteiger partial charge in [0.1, 0.15) is 11.4 Å². The summed E-state index contributed by atoms with van der Waals surface area (Å²) in [5.74, 6) is -1.47. The van der Waals surface area contributed by atoms with E-state index in [1.807, 2.05) is 17.9 Å². The summed E-state index contributed by atoms with van der Waals surface area (Å²) < 4.78 is 21.9. The number of anilines is 1. The second kappa shape index (κ2) is 7.23. The molecule has 0 saturated carbocycles. The van der Waals surface area contributed by atoms with Crippen molar-refractivity contribution in [3.63, 3.8) is 0 Å². The summed E-state index contributed by atoms with van der Waals surface area (Å²) >= 11 is 0. The number of carbonyl (C=O) groups is 1. The van der Waals surface area contributed by atoms with Gasteiger partial charge >= 0.3 is 0 Å². The van der Waals surface area contributed by atoms with E-state index in [1.165, 1.54) is 12.3 Å². The maximum Gasteiger partial charge on any atom is 0.254 e. The van der Waals surface area contributed by atoms with Crippen molar-refractivity contribution >= 4 is 22.5 Å². The maximum absolute atomic E-state index is 14.8. The van der Waals surface area contributed by atoms with Crippen molar-refractivity contribution in [2.24, 2.45) is 5.73 Å². The number of unbranched alkanes of at least 4 members (excludes halogenated alkanes) is 1. The van der Waals surface area contributed by atoms with Crippen LogP contribution >= 0.6 is 0 Å². The molecule has 0 unspecified atom stereocenters. The number of aryl methyl sites for hydroxylation is 1. The number of fused-ring (bicyclic) bond motifs is 1. The number of aromatic nitrogens is 1. The molecule has 0 aliphatic carbocycles. The zero-order chi connectivity index (χ0) is 18.0. The number of pyridine rings is 1. The fourth-order valence-electron chi connectivity index (χ4n) is 3.14. The van der Waals surface area contributed by atoms with Gasteiger partial charge in [-0.05, 0) is 18.6 Å². The molecule has 2 N–H and O–H groups in total. The molecule has 6 nitrogen and oxygen atoms in total. The number of carbonyl (C=O) groups excluding carboxylic acids is 1. The summed E-state index contributed by atoms with van der Waals surface area (Å²) in [6.45, 7) is 5.14. The maximum atomic E-state index is 14.8. The molecule has 0 spiro atoms. The lowest BCUT2D eigenvalue weighted by Crippen LogP contribution is -2.36. The number of hydrogen-bond donors (Lipinski definition) is 1. The van der Waals surface area contributed by atoms with E-state index in [4.69, 9.17) is 10.5 Å². The number of amides is 1. The van der Waals surface area contributed by atoms with E-state index >= 15 is 0 Å². The molecule has 1 saturated heterocycles. The summed E-state index contributed by atoms with van der Waals surface area (Å²) in [4.78, 5) is 26.1. The van der Waals surface area contributed by atoms with Crippen LogP contribution < -0.4 is 16.1 Å². The molecule has 25 heavy (non-hydrogen) atoms. The standard InChI is InChI=1S/C18H22FN3O3/c1-2-3-4-22-11-13(18(20)24)17(23)16-14(19)9-12(10-15(16)22)21-5-7-25-8-6-21/h9-11H,2-8H2,1H3,(H2,20,24). The molecule has 1 aliphatic heterocycles. The third kappa shape index (κ3) is 3.37. The Bertz CT molecular complexity index is 857. The van der Waals surface area contributed by atoms with Crippen LogP contribution in [-0.4, -0.2) is 36.8 Å². The van der Waals surface area contributed by atoms with Gasteiger partial charge in [-0.3, -0.25) is 9.59 Å². The van der Waals surface area contributed by atoms with Gasteiger partial charge in [0.15, 0.2) is 0 Å². The number of rotatable bonds is 5. The number of morpholine rings is 1. The Kier molecular flexibility index (Phi) is 5.03. The Morgan fingerprint density at radius 3 is 2.68 bits per heavy atom. The average Bonchev–Trinajstić information content (AvgIpc) is 2.61. The van der Waals surface area contributed by atoms with Crippen LogP contribution in [0, 0.1) is 5.82 Å². The molecule has 134 valence electrons. The van der Waals surface area contributed by atoms with Gasteiger partial charge in [0.2, 0.25) is 5.43 Å². The monoisotopic (exact) mass is 347 g/mol. The van der Waals surface area contributed by atoms with Crippen LogP contribution in [0.1, 0.15) is 30.1 Å². The van der Waals surface area contributed by atoms with Crippen molar-refractivity contribution in [1.29, 1.82) is 0 Å². The van der Waals surface area contributed by atoms with Crippen LogP contribution in [0.5, 0.6) is 0 Å². The molecule has 2 aromatic rings. The molecule has 3 rings (SSSR count). The molecule has 1 aromatic carbocycles. The largest absolute Gasteiger partial charge is 0.378 e. The molecule has 1 aromatic heterocycles. The third-order valence-electron chi connectivity index (χ3n) is 4.51. The molecule has 1 amide bonds. The first-order valence-electron chi connectivity index (χ1n) is 8.52. The van der Waals surface area contributed by atoms with E-state index in [0.717, 1.165) is 12.8 Å². The van der Waals surface area contributed by atoms with Crippen LogP contribution in [0.25, 0.3) is 10.9 Å². The summed E-state index contributed by atoms with van der Waals surface area (Å²) in [5, 5.41) is -0.0792. The van der Waals surface area contributed by atoms with E-state index in [2.05, 4.69) is 0 Å². The van der Waals surface area contributed by atoms with Crippen LogP contribution in [0.2, 0.25) is 0 Å². The Hall–Kier alpha value is -2.41. The lowest BCUT2D eigenvalue weighted by atomic mass is 10.1. The molecule has 0 atom stereocenters. The lowest BCUT2D eigenvalue weighted by molar-refractivity contribution is 0.0998. The summed E-state index contributed by atoms with van der Waals surface area (Å²) in [6.07, 6.45) is 3.23. The normalized spacial score (nSPS) is 14.9. The van der Waals surface area contributed by atoms with E-state index in [-0.39, 0.29) is 10.9 Å². The minimum atomic E-state index is -0.839. The molecule has 0 bridgehead atoms. The Morgan fingerprint density at radius 1 is 1.32 bits per heavy atom. The van der Waals surface area contributed by atoms with E-state index in [0.29, 0.717) is 44.1 Å². The molecular weight excluding hydrogens is 325 g/mol. The van der Waals surface area contributed by atoms with E-state index in [1.54, 1.807) is 4.57 Å². The minimum absolute atomic E-state index is 0.0792. The van der Waals surface area contributed by atoms with Gasteiger partial charge < -0.3 is 19.9 Å². The fraction of sp³-hybridized carbons (Fsp3) is 0.444. The number of nitrogens with zero attached hydrogens (tertiary/aromatic N) is 2. The second-order valence-corrected chi connectivity index (χ2v) is 6.20. The van der Waals surface area contributed by atoms with Crippen molar-refractivity contribution in [1.82, 2.24) is 4.57 Å². The lowest BCUT2D eigenvalue weighted by Gasteiger charge is -2.29. The Morgan fingerprint density at radius 2 is 2.04 bits per heavy atom. The molecule has 1 fully saturated rings. The second-order valence-electron chi connectivity index (χ2n) is 6.20. The molecule has 1 aliphatic rings. The van der Waals surface area contributed by atoms with Crippen LogP contribution in [0.4, 0.5) is 10.1 Å². The van der Waals surface area contributed by atoms with Gasteiger partial charge in [-0.2, -0.15) is 0 Å². The van der Waals surface area contributed by atoms with E-state index in [9.17, 15) is 14.0 Å². The summed E-state index contributed by atoms with van der Waals surface area (Å²) in [5.41, 5.74) is 5.68. The fourth-order valence-corrected chi connectivity index (χ4v) is 3.14. The van der Waals surface area contributed by atoms with Gasteiger partial charge in [-0.25, -0.2) is 4.39 Å². The topological polar surface area (TPSA) is 77.6 Å². The van der Waals surface area contributed by atoms with Crippen molar-refractivity contribution in [2.75, 3.05) is 31.2 Å². The van der Waals surface area contributed by atoms with Gasteiger partial charge in [0, 0.05) is 31.5 Å². The summed E-state index contributed by atoms with van der Waals surface area (Å²) in [7, 11) is 0. The predicted molar refractivity (Wildman–Crippen MR) is 94.6 cm³/mol. The highest BCUT2D eigenvalue weighted by Gasteiger charge is 2.19. The van der Waals surface area contributed by atoms with E-state index < -0.39 is 17.2 Å². The third-order valence-corrected chi connectivity index (χ3v) is 4.51. The average molecular weight is 347 g/mol. The van der Waals surface area contributed by atoms with Gasteiger partial charge in [0.05, 0.1) is 24.1 Å². The zero-order valence-corrected chi connectivity index (χ0v) is 14.3. The van der Waals surface area contributed by atoms with Crippen LogP contribution in [0.3, 0.4) is 0 Å². The SMILES string of the molecule is CCCCn1cc(C(N)=O)c(=O)c2c(F)cc(N3CCOCC3)cc21. The van der Waals surface area contributed by atoms with Gasteiger partial charge in [0.25, 0.3) is 5.91 Å². The Balaban J connectivity index is 2.21. The van der Waals surface area contributed by atoms with Gasteiger partial charge in [-0.15, -0.1) is 0 Å². The van der Waals surface area contributed by atoms with Crippen molar-refractivity contribution in [2.45, 2.75) is 26.3 Å². The number of nitrogens with two attached hydrogens (primary N) is 1. The van der Waals surface area contributed by atoms with Crippen molar-refractivity contribution in [3.8, 4) is 0 Å². The Labute approximate surface area is 145 Å². The predicted octanol–water partition coefficient (Wildman–Crippen LogP) is 1.88. The molecular formula is C18H22FN3O3. The number of hydrogen-bond acceptors (Lipinski definition) is 4. The number of benzene rings is 1.